The van der Waals surface area contributed by atoms with Crippen molar-refractivity contribution in [3.05, 3.63) is 48.5 Å². The fourth-order valence-electron chi connectivity index (χ4n) is 3.54. The van der Waals surface area contributed by atoms with Crippen molar-refractivity contribution in [3.63, 3.8) is 0 Å². The molecule has 7 nitrogen and oxygen atoms in total. The number of nitrogens with zero attached hydrogens (tertiary/aromatic N) is 4. The van der Waals surface area contributed by atoms with Crippen molar-refractivity contribution in [2.75, 3.05) is 5.32 Å². The normalized spacial score (nSPS) is 12.6. The summed E-state index contributed by atoms with van der Waals surface area (Å²) in [5.41, 5.74) is 2.00. The zero-order valence-corrected chi connectivity index (χ0v) is 20.3. The second-order valence-electron chi connectivity index (χ2n) is 8.82. The Balaban J connectivity index is 1.88. The van der Waals surface area contributed by atoms with Gasteiger partial charge in [0.2, 0.25) is 5.95 Å². The molecular weight excluding hydrogens is 459 g/mol. The zero-order valence-electron chi connectivity index (χ0n) is 20.3. The summed E-state index contributed by atoms with van der Waals surface area (Å²) in [7, 11) is 0. The molecule has 0 saturated heterocycles. The number of nitrogens with one attached hydrogen (secondary N) is 1. The Bertz CT molecular complexity index is 1130. The number of hydrogen-bond acceptors (Lipinski definition) is 6. The fraction of sp³-hybridized carbons (Fsp3) is 0.440. The molecule has 0 amide bonds. The van der Waals surface area contributed by atoms with E-state index in [9.17, 15) is 18.0 Å². The minimum Gasteiger partial charge on any atom is -0.406 e. The highest BCUT2D eigenvalue weighted by Crippen LogP contribution is 2.26. The van der Waals surface area contributed by atoms with Crippen molar-refractivity contribution in [3.8, 4) is 23.0 Å². The quantitative estimate of drug-likeness (QED) is 0.357. The Labute approximate surface area is 202 Å². The van der Waals surface area contributed by atoms with Crippen LogP contribution in [-0.4, -0.2) is 37.7 Å². The molecular formula is C25H30F3N5O2. The molecule has 2 aromatic heterocycles. The number of ketones is 1. The molecule has 0 fully saturated rings. The third-order valence-electron chi connectivity index (χ3n) is 5.27. The maximum Gasteiger partial charge on any atom is 0.573 e. The van der Waals surface area contributed by atoms with E-state index in [0.717, 1.165) is 25.0 Å². The highest BCUT2D eigenvalue weighted by atomic mass is 19.4. The van der Waals surface area contributed by atoms with Crippen molar-refractivity contribution in [2.24, 2.45) is 5.92 Å². The SMILES string of the molecule is CCCCc1cc(N[C@@H](CC(C)C)C(C)=O)nc(-n2cnc(-c3ccc(OC(F)(F)F)cc3)c2)n1. The van der Waals surface area contributed by atoms with E-state index in [0.29, 0.717) is 35.4 Å². The molecule has 2 heterocycles. The molecule has 0 aliphatic rings. The maximum absolute atomic E-state index is 12.4. The Kier molecular flexibility index (Phi) is 8.48. The summed E-state index contributed by atoms with van der Waals surface area (Å²) >= 11 is 0. The molecule has 3 rings (SSSR count). The van der Waals surface area contributed by atoms with Crippen LogP contribution in [0.5, 0.6) is 5.75 Å². The predicted molar refractivity (Wildman–Crippen MR) is 127 cm³/mol. The molecule has 0 bridgehead atoms. The first kappa shape index (κ1) is 26.2. The standard InChI is InChI=1S/C25H30F3N5O2/c1-5-6-7-19-13-23(31-21(17(4)34)12-16(2)3)32-24(30-19)33-14-22(29-15-33)18-8-10-20(11-9-18)35-25(26,27)28/h8-11,13-16,21H,5-7,12H2,1-4H3,(H,30,31,32)/t21-/m0/s1. The summed E-state index contributed by atoms with van der Waals surface area (Å²) in [6, 6.07) is 7.00. The number of carbonyl (C=O) groups is 1. The van der Waals surface area contributed by atoms with Crippen molar-refractivity contribution in [1.29, 1.82) is 0 Å². The molecule has 1 N–H and O–H groups in total. The monoisotopic (exact) mass is 489 g/mol. The van der Waals surface area contributed by atoms with Gasteiger partial charge in [-0.25, -0.2) is 9.97 Å². The summed E-state index contributed by atoms with van der Waals surface area (Å²) in [5, 5.41) is 3.26. The van der Waals surface area contributed by atoms with Gasteiger partial charge in [-0.2, -0.15) is 4.98 Å². The number of hydrogen-bond donors (Lipinski definition) is 1. The van der Waals surface area contributed by atoms with Crippen LogP contribution < -0.4 is 10.1 Å². The average Bonchev–Trinajstić information content (AvgIpc) is 3.26. The minimum absolute atomic E-state index is 0.0387. The van der Waals surface area contributed by atoms with Crippen LogP contribution in [0, 0.1) is 5.92 Å². The van der Waals surface area contributed by atoms with Gasteiger partial charge < -0.3 is 10.1 Å². The predicted octanol–water partition coefficient (Wildman–Crippen LogP) is 5.99. The Morgan fingerprint density at radius 2 is 1.89 bits per heavy atom. The lowest BCUT2D eigenvalue weighted by Crippen LogP contribution is -2.29. The number of anilines is 1. The Morgan fingerprint density at radius 3 is 2.49 bits per heavy atom. The molecule has 0 aliphatic heterocycles. The molecule has 188 valence electrons. The van der Waals surface area contributed by atoms with Crippen LogP contribution in [0.2, 0.25) is 0 Å². The van der Waals surface area contributed by atoms with E-state index < -0.39 is 6.36 Å². The molecule has 0 aliphatic carbocycles. The van der Waals surface area contributed by atoms with Crippen LogP contribution in [-0.2, 0) is 11.2 Å². The highest BCUT2D eigenvalue weighted by molar-refractivity contribution is 5.84. The van der Waals surface area contributed by atoms with Crippen molar-refractivity contribution >= 4 is 11.6 Å². The van der Waals surface area contributed by atoms with Gasteiger partial charge in [0.15, 0.2) is 5.78 Å². The maximum atomic E-state index is 12.4. The third-order valence-corrected chi connectivity index (χ3v) is 5.27. The van der Waals surface area contributed by atoms with Crippen LogP contribution in [0.4, 0.5) is 19.0 Å². The summed E-state index contributed by atoms with van der Waals surface area (Å²) in [6.45, 7) is 7.78. The first-order valence-electron chi connectivity index (χ1n) is 11.6. The molecule has 3 aromatic rings. The number of aromatic nitrogens is 4. The summed E-state index contributed by atoms with van der Waals surface area (Å²) in [6.07, 6.45) is 1.92. The van der Waals surface area contributed by atoms with Crippen LogP contribution in [0.25, 0.3) is 17.2 Å². The van der Waals surface area contributed by atoms with Gasteiger partial charge in [0.05, 0.1) is 11.7 Å². The second-order valence-corrected chi connectivity index (χ2v) is 8.82. The fourth-order valence-corrected chi connectivity index (χ4v) is 3.54. The number of alkyl halides is 3. The van der Waals surface area contributed by atoms with Crippen molar-refractivity contribution in [1.82, 2.24) is 19.5 Å². The van der Waals surface area contributed by atoms with Gasteiger partial charge in [-0.3, -0.25) is 9.36 Å². The third kappa shape index (κ3) is 7.80. The van der Waals surface area contributed by atoms with E-state index in [1.165, 1.54) is 24.3 Å². The van der Waals surface area contributed by atoms with E-state index in [1.807, 2.05) is 6.07 Å². The number of imidazole rings is 1. The van der Waals surface area contributed by atoms with Gasteiger partial charge in [0.25, 0.3) is 0 Å². The van der Waals surface area contributed by atoms with E-state index in [-0.39, 0.29) is 17.6 Å². The second kappa shape index (κ2) is 11.3. The Hall–Kier alpha value is -3.43. The number of Topliss-reactive ketones (excluding diaryl/α,β-unsaturated/α-hetero) is 1. The molecule has 0 saturated carbocycles. The number of carbonyl (C=O) groups excluding carboxylic acids is 1. The van der Waals surface area contributed by atoms with Crippen molar-refractivity contribution < 1.29 is 22.7 Å². The number of ether oxygens (including phenoxy) is 1. The molecule has 1 atom stereocenters. The van der Waals surface area contributed by atoms with E-state index in [1.54, 1.807) is 24.0 Å². The molecule has 0 radical (unpaired) electrons. The lowest BCUT2D eigenvalue weighted by molar-refractivity contribution is -0.274. The van der Waals surface area contributed by atoms with Gasteiger partial charge in [-0.1, -0.05) is 27.2 Å². The first-order valence-corrected chi connectivity index (χ1v) is 11.6. The van der Waals surface area contributed by atoms with Gasteiger partial charge in [-0.05, 0) is 56.4 Å². The van der Waals surface area contributed by atoms with Crippen LogP contribution in [0.3, 0.4) is 0 Å². The molecule has 0 spiro atoms. The molecule has 10 heteroatoms. The minimum atomic E-state index is -4.74. The number of benzene rings is 1. The lowest BCUT2D eigenvalue weighted by atomic mass is 10.0. The van der Waals surface area contributed by atoms with E-state index in [2.05, 4.69) is 45.8 Å². The molecule has 35 heavy (non-hydrogen) atoms. The highest BCUT2D eigenvalue weighted by Gasteiger charge is 2.31. The average molecular weight is 490 g/mol. The summed E-state index contributed by atoms with van der Waals surface area (Å²) < 4.78 is 42.8. The topological polar surface area (TPSA) is 81.9 Å². The van der Waals surface area contributed by atoms with Crippen LogP contribution >= 0.6 is 0 Å². The molecule has 1 aromatic carbocycles. The first-order chi connectivity index (χ1) is 16.5. The summed E-state index contributed by atoms with van der Waals surface area (Å²) in [5.74, 6) is 1.03. The summed E-state index contributed by atoms with van der Waals surface area (Å²) in [4.78, 5) is 25.8. The van der Waals surface area contributed by atoms with Crippen LogP contribution in [0.1, 0.15) is 52.7 Å². The van der Waals surface area contributed by atoms with E-state index >= 15 is 0 Å². The van der Waals surface area contributed by atoms with Gasteiger partial charge in [0.1, 0.15) is 17.9 Å². The number of rotatable bonds is 11. The number of aryl methyl sites for hydroxylation is 1. The van der Waals surface area contributed by atoms with E-state index in [4.69, 9.17) is 0 Å². The van der Waals surface area contributed by atoms with Gasteiger partial charge >= 0.3 is 6.36 Å². The zero-order chi connectivity index (χ0) is 25.6. The largest absolute Gasteiger partial charge is 0.573 e. The number of halogens is 3. The lowest BCUT2D eigenvalue weighted by Gasteiger charge is -2.19. The van der Waals surface area contributed by atoms with Crippen molar-refractivity contribution in [2.45, 2.75) is 65.8 Å². The van der Waals surface area contributed by atoms with Crippen LogP contribution in [0.15, 0.2) is 42.9 Å². The number of unbranched alkanes of at least 4 members (excludes halogenated alkanes) is 1. The molecule has 0 unspecified atom stereocenters. The van der Waals surface area contributed by atoms with Gasteiger partial charge in [-0.15, -0.1) is 13.2 Å². The Morgan fingerprint density at radius 1 is 1.17 bits per heavy atom. The van der Waals surface area contributed by atoms with Gasteiger partial charge in [0, 0.05) is 23.5 Å². The smallest absolute Gasteiger partial charge is 0.406 e.